The van der Waals surface area contributed by atoms with Crippen molar-refractivity contribution >= 4 is 40.7 Å². The largest absolute Gasteiger partial charge is 0.321 e. The molecule has 122 valence electrons. The molecule has 2 aromatic rings. The van der Waals surface area contributed by atoms with Gasteiger partial charge in [-0.3, -0.25) is 19.3 Å². The topological polar surface area (TPSA) is 66.5 Å². The first-order chi connectivity index (χ1) is 11.5. The van der Waals surface area contributed by atoms with Gasteiger partial charge in [-0.25, -0.2) is 0 Å². The standard InChI is InChI=1S/C18H15ClN2O3/c1-11-2-7-15(14(19)10-11)20-18(24)12-3-5-13(6-4-12)21-16(22)8-9-17(21)23/h2-7,10H,8-9H2,1H3,(H,20,24). The van der Waals surface area contributed by atoms with Crippen LogP contribution >= 0.6 is 11.6 Å². The second kappa shape index (κ2) is 6.45. The number of nitrogens with zero attached hydrogens (tertiary/aromatic N) is 1. The van der Waals surface area contributed by atoms with E-state index in [1.165, 1.54) is 0 Å². The van der Waals surface area contributed by atoms with E-state index in [0.29, 0.717) is 22.0 Å². The van der Waals surface area contributed by atoms with Gasteiger partial charge >= 0.3 is 0 Å². The molecule has 3 amide bonds. The normalized spacial score (nSPS) is 14.2. The number of carbonyl (C=O) groups excluding carboxylic acids is 3. The minimum Gasteiger partial charge on any atom is -0.321 e. The maximum atomic E-state index is 12.3. The van der Waals surface area contributed by atoms with Crippen molar-refractivity contribution in [3.8, 4) is 0 Å². The minimum absolute atomic E-state index is 0.219. The molecule has 0 atom stereocenters. The fraction of sp³-hybridized carbons (Fsp3) is 0.167. The summed E-state index contributed by atoms with van der Waals surface area (Å²) in [6, 6.07) is 11.7. The van der Waals surface area contributed by atoms with Gasteiger partial charge in [-0.2, -0.15) is 0 Å². The lowest BCUT2D eigenvalue weighted by molar-refractivity contribution is -0.121. The molecule has 2 aromatic carbocycles. The number of imide groups is 1. The number of aryl methyl sites for hydroxylation is 1. The van der Waals surface area contributed by atoms with Crippen LogP contribution < -0.4 is 10.2 Å². The Morgan fingerprint density at radius 1 is 1.04 bits per heavy atom. The van der Waals surface area contributed by atoms with Crippen molar-refractivity contribution in [2.24, 2.45) is 0 Å². The Labute approximate surface area is 144 Å². The van der Waals surface area contributed by atoms with Crippen LogP contribution in [0, 0.1) is 6.92 Å². The molecular formula is C18H15ClN2O3. The highest BCUT2D eigenvalue weighted by Gasteiger charge is 2.30. The van der Waals surface area contributed by atoms with Crippen molar-refractivity contribution in [3.63, 3.8) is 0 Å². The molecule has 6 heteroatoms. The second-order valence-electron chi connectivity index (χ2n) is 5.61. The predicted octanol–water partition coefficient (Wildman–Crippen LogP) is 3.55. The van der Waals surface area contributed by atoms with Crippen LogP contribution in [0.15, 0.2) is 42.5 Å². The summed E-state index contributed by atoms with van der Waals surface area (Å²) >= 11 is 6.11. The number of carbonyl (C=O) groups is 3. The maximum absolute atomic E-state index is 12.3. The highest BCUT2D eigenvalue weighted by molar-refractivity contribution is 6.34. The molecular weight excluding hydrogens is 328 g/mol. The molecule has 1 aliphatic heterocycles. The first-order valence-corrected chi connectivity index (χ1v) is 7.87. The van der Waals surface area contributed by atoms with Gasteiger partial charge in [-0.1, -0.05) is 17.7 Å². The predicted molar refractivity (Wildman–Crippen MR) is 92.3 cm³/mol. The van der Waals surface area contributed by atoms with Crippen molar-refractivity contribution in [2.75, 3.05) is 10.2 Å². The van der Waals surface area contributed by atoms with E-state index in [1.54, 1.807) is 36.4 Å². The second-order valence-corrected chi connectivity index (χ2v) is 6.01. The van der Waals surface area contributed by atoms with Crippen LogP contribution in [0.3, 0.4) is 0 Å². The van der Waals surface area contributed by atoms with Gasteiger partial charge in [0.2, 0.25) is 11.8 Å². The Morgan fingerprint density at radius 2 is 1.67 bits per heavy atom. The van der Waals surface area contributed by atoms with Crippen LogP contribution in [0.4, 0.5) is 11.4 Å². The number of halogens is 1. The number of benzene rings is 2. The van der Waals surface area contributed by atoms with E-state index in [4.69, 9.17) is 11.6 Å². The van der Waals surface area contributed by atoms with Gasteiger partial charge in [0.25, 0.3) is 5.91 Å². The molecule has 0 unspecified atom stereocenters. The van der Waals surface area contributed by atoms with E-state index in [-0.39, 0.29) is 30.6 Å². The van der Waals surface area contributed by atoms with Crippen molar-refractivity contribution < 1.29 is 14.4 Å². The van der Waals surface area contributed by atoms with Gasteiger partial charge in [-0.15, -0.1) is 0 Å². The van der Waals surface area contributed by atoms with Gasteiger partial charge in [-0.05, 0) is 48.9 Å². The lowest BCUT2D eigenvalue weighted by Gasteiger charge is -2.14. The number of rotatable bonds is 3. The van der Waals surface area contributed by atoms with Crippen LogP contribution in [-0.4, -0.2) is 17.7 Å². The van der Waals surface area contributed by atoms with Crippen molar-refractivity contribution in [1.29, 1.82) is 0 Å². The van der Waals surface area contributed by atoms with Crippen LogP contribution in [0.5, 0.6) is 0 Å². The number of hydrogen-bond donors (Lipinski definition) is 1. The Balaban J connectivity index is 1.76. The fourth-order valence-electron chi connectivity index (χ4n) is 2.54. The highest BCUT2D eigenvalue weighted by Crippen LogP contribution is 2.25. The molecule has 3 rings (SSSR count). The van der Waals surface area contributed by atoms with Crippen LogP contribution in [-0.2, 0) is 9.59 Å². The summed E-state index contributed by atoms with van der Waals surface area (Å²) in [6.45, 7) is 1.91. The summed E-state index contributed by atoms with van der Waals surface area (Å²) in [6.07, 6.45) is 0.458. The number of hydrogen-bond acceptors (Lipinski definition) is 3. The smallest absolute Gasteiger partial charge is 0.255 e. The number of nitrogens with one attached hydrogen (secondary N) is 1. The van der Waals surface area contributed by atoms with E-state index in [0.717, 1.165) is 10.5 Å². The van der Waals surface area contributed by atoms with Gasteiger partial charge in [0, 0.05) is 18.4 Å². The summed E-state index contributed by atoms with van der Waals surface area (Å²) in [5.41, 5.74) is 2.42. The summed E-state index contributed by atoms with van der Waals surface area (Å²) in [5.74, 6) is -0.751. The zero-order valence-corrected chi connectivity index (χ0v) is 13.8. The van der Waals surface area contributed by atoms with Crippen LogP contribution in [0.1, 0.15) is 28.8 Å². The molecule has 1 saturated heterocycles. The number of anilines is 2. The monoisotopic (exact) mass is 342 g/mol. The van der Waals surface area contributed by atoms with Gasteiger partial charge in [0.05, 0.1) is 16.4 Å². The van der Waals surface area contributed by atoms with E-state index < -0.39 is 0 Å². The Bertz CT molecular complexity index is 815. The molecule has 0 saturated carbocycles. The minimum atomic E-state index is -0.314. The van der Waals surface area contributed by atoms with Crippen LogP contribution in [0.25, 0.3) is 0 Å². The van der Waals surface area contributed by atoms with E-state index >= 15 is 0 Å². The molecule has 5 nitrogen and oxygen atoms in total. The first kappa shape index (κ1) is 16.2. The molecule has 1 heterocycles. The quantitative estimate of drug-likeness (QED) is 0.867. The van der Waals surface area contributed by atoms with E-state index in [9.17, 15) is 14.4 Å². The fourth-order valence-corrected chi connectivity index (χ4v) is 2.82. The molecule has 1 aliphatic rings. The molecule has 0 radical (unpaired) electrons. The third-order valence-electron chi connectivity index (χ3n) is 3.81. The zero-order chi connectivity index (χ0) is 17.3. The third kappa shape index (κ3) is 3.16. The average Bonchev–Trinajstić information content (AvgIpc) is 2.89. The average molecular weight is 343 g/mol. The lowest BCUT2D eigenvalue weighted by atomic mass is 10.1. The van der Waals surface area contributed by atoms with E-state index in [1.807, 2.05) is 13.0 Å². The molecule has 0 bridgehead atoms. The molecule has 0 aliphatic carbocycles. The molecule has 24 heavy (non-hydrogen) atoms. The summed E-state index contributed by atoms with van der Waals surface area (Å²) in [7, 11) is 0. The molecule has 0 spiro atoms. The first-order valence-electron chi connectivity index (χ1n) is 7.49. The summed E-state index contributed by atoms with van der Waals surface area (Å²) in [5, 5.41) is 3.21. The Hall–Kier alpha value is -2.66. The van der Waals surface area contributed by atoms with Gasteiger partial charge < -0.3 is 5.32 Å². The molecule has 0 aromatic heterocycles. The number of amides is 3. The Kier molecular flexibility index (Phi) is 4.36. The highest BCUT2D eigenvalue weighted by atomic mass is 35.5. The van der Waals surface area contributed by atoms with Crippen molar-refractivity contribution in [1.82, 2.24) is 0 Å². The van der Waals surface area contributed by atoms with E-state index in [2.05, 4.69) is 5.32 Å². The van der Waals surface area contributed by atoms with Crippen molar-refractivity contribution in [3.05, 3.63) is 58.6 Å². The summed E-state index contributed by atoms with van der Waals surface area (Å²) < 4.78 is 0. The Morgan fingerprint density at radius 3 is 2.25 bits per heavy atom. The van der Waals surface area contributed by atoms with Crippen molar-refractivity contribution in [2.45, 2.75) is 19.8 Å². The molecule has 1 N–H and O–H groups in total. The third-order valence-corrected chi connectivity index (χ3v) is 4.12. The van der Waals surface area contributed by atoms with Gasteiger partial charge in [0.15, 0.2) is 0 Å². The SMILES string of the molecule is Cc1ccc(NC(=O)c2ccc(N3C(=O)CCC3=O)cc2)c(Cl)c1. The zero-order valence-electron chi connectivity index (χ0n) is 13.0. The van der Waals surface area contributed by atoms with Crippen LogP contribution in [0.2, 0.25) is 5.02 Å². The lowest BCUT2D eigenvalue weighted by Crippen LogP contribution is -2.28. The molecule has 1 fully saturated rings. The summed E-state index contributed by atoms with van der Waals surface area (Å²) in [4.78, 5) is 36.9. The maximum Gasteiger partial charge on any atom is 0.255 e. The van der Waals surface area contributed by atoms with Gasteiger partial charge in [0.1, 0.15) is 0 Å².